The van der Waals surface area contributed by atoms with Crippen LogP contribution in [0.1, 0.15) is 18.4 Å². The van der Waals surface area contributed by atoms with E-state index in [0.29, 0.717) is 17.8 Å². The Bertz CT molecular complexity index is 1140. The van der Waals surface area contributed by atoms with E-state index in [2.05, 4.69) is 33.9 Å². The number of benzene rings is 1. The zero-order valence-electron chi connectivity index (χ0n) is 14.1. The molecule has 0 saturated heterocycles. The standard InChI is InChI=1S/C18H16N6S2/c1-3-4-5-9-24-16-13(15(19)20-10-21-16)23-17(24)26-18-22-12-8-6-7-11(2)14(12)25-18/h1,6-8,10H,4-5,9H2,2H3,(H2,19,20,21). The number of unbranched alkanes of at least 4 members (excludes halogenated alkanes) is 1. The van der Waals surface area contributed by atoms with Gasteiger partial charge in [0.25, 0.3) is 0 Å². The molecule has 0 spiro atoms. The van der Waals surface area contributed by atoms with Gasteiger partial charge < -0.3 is 10.3 Å². The molecular weight excluding hydrogens is 364 g/mol. The average molecular weight is 381 g/mol. The van der Waals surface area contributed by atoms with Crippen molar-refractivity contribution in [3.8, 4) is 12.3 Å². The second-order valence-electron chi connectivity index (χ2n) is 5.79. The first-order chi connectivity index (χ1) is 12.7. The van der Waals surface area contributed by atoms with Gasteiger partial charge in [-0.15, -0.1) is 23.7 Å². The first-order valence-electron chi connectivity index (χ1n) is 8.11. The van der Waals surface area contributed by atoms with Gasteiger partial charge in [0.05, 0.1) is 10.2 Å². The Labute approximate surface area is 158 Å². The van der Waals surface area contributed by atoms with Crippen LogP contribution < -0.4 is 5.73 Å². The van der Waals surface area contributed by atoms with Gasteiger partial charge in [0.15, 0.2) is 26.5 Å². The van der Waals surface area contributed by atoms with E-state index in [-0.39, 0.29) is 0 Å². The molecule has 0 unspecified atom stereocenters. The van der Waals surface area contributed by atoms with Crippen LogP contribution in [-0.2, 0) is 6.54 Å². The summed E-state index contributed by atoms with van der Waals surface area (Å²) in [5, 5.41) is 0.806. The second kappa shape index (κ2) is 6.94. The summed E-state index contributed by atoms with van der Waals surface area (Å²) in [4.78, 5) is 17.8. The summed E-state index contributed by atoms with van der Waals surface area (Å²) in [6.07, 6.45) is 8.40. The molecule has 1 aromatic carbocycles. The van der Waals surface area contributed by atoms with E-state index >= 15 is 0 Å². The molecule has 0 amide bonds. The smallest absolute Gasteiger partial charge is 0.177 e. The number of nitrogen functional groups attached to an aromatic ring is 1. The highest BCUT2D eigenvalue weighted by molar-refractivity contribution is 8.01. The van der Waals surface area contributed by atoms with E-state index in [9.17, 15) is 0 Å². The molecule has 8 heteroatoms. The molecule has 3 aromatic heterocycles. The van der Waals surface area contributed by atoms with Gasteiger partial charge in [0.1, 0.15) is 6.33 Å². The third-order valence-electron chi connectivity index (χ3n) is 4.00. The summed E-state index contributed by atoms with van der Waals surface area (Å²) in [6.45, 7) is 2.82. The molecule has 26 heavy (non-hydrogen) atoms. The zero-order valence-corrected chi connectivity index (χ0v) is 15.8. The van der Waals surface area contributed by atoms with Crippen LogP contribution in [0.3, 0.4) is 0 Å². The van der Waals surface area contributed by atoms with Crippen molar-refractivity contribution in [3.05, 3.63) is 30.1 Å². The van der Waals surface area contributed by atoms with Crippen LogP contribution in [-0.4, -0.2) is 24.5 Å². The van der Waals surface area contributed by atoms with Crippen LogP contribution >= 0.6 is 23.1 Å². The summed E-state index contributed by atoms with van der Waals surface area (Å²) in [6, 6.07) is 6.15. The Morgan fingerprint density at radius 3 is 3.00 bits per heavy atom. The predicted molar refractivity (Wildman–Crippen MR) is 106 cm³/mol. The molecule has 2 N–H and O–H groups in total. The van der Waals surface area contributed by atoms with Crippen molar-refractivity contribution in [2.24, 2.45) is 0 Å². The molecule has 0 radical (unpaired) electrons. The fourth-order valence-electron chi connectivity index (χ4n) is 2.74. The van der Waals surface area contributed by atoms with E-state index in [4.69, 9.17) is 17.1 Å². The van der Waals surface area contributed by atoms with Crippen LogP contribution in [0.2, 0.25) is 0 Å². The van der Waals surface area contributed by atoms with Gasteiger partial charge in [0, 0.05) is 13.0 Å². The summed E-state index contributed by atoms with van der Waals surface area (Å²) in [5.41, 5.74) is 9.57. The summed E-state index contributed by atoms with van der Waals surface area (Å²) >= 11 is 3.19. The van der Waals surface area contributed by atoms with Crippen molar-refractivity contribution >= 4 is 50.3 Å². The van der Waals surface area contributed by atoms with Gasteiger partial charge >= 0.3 is 0 Å². The van der Waals surface area contributed by atoms with Crippen LogP contribution in [0.5, 0.6) is 0 Å². The average Bonchev–Trinajstić information content (AvgIpc) is 3.19. The third-order valence-corrected chi connectivity index (χ3v) is 6.26. The molecule has 3 heterocycles. The van der Waals surface area contributed by atoms with Gasteiger partial charge in [0.2, 0.25) is 0 Å². The highest BCUT2D eigenvalue weighted by atomic mass is 32.2. The molecule has 0 atom stereocenters. The van der Waals surface area contributed by atoms with Gasteiger partial charge in [-0.3, -0.25) is 0 Å². The number of rotatable bonds is 5. The molecule has 0 aliphatic heterocycles. The monoisotopic (exact) mass is 380 g/mol. The maximum atomic E-state index is 5.99. The fraction of sp³-hybridized carbons (Fsp3) is 0.222. The summed E-state index contributed by atoms with van der Waals surface area (Å²) < 4.78 is 4.19. The number of nitrogens with two attached hydrogens (primary N) is 1. The van der Waals surface area contributed by atoms with Gasteiger partial charge in [-0.2, -0.15) is 0 Å². The minimum absolute atomic E-state index is 0.382. The number of terminal acetylenes is 1. The Morgan fingerprint density at radius 1 is 1.31 bits per heavy atom. The van der Waals surface area contributed by atoms with Crippen molar-refractivity contribution in [1.82, 2.24) is 24.5 Å². The normalized spacial score (nSPS) is 11.2. The molecule has 0 fully saturated rings. The molecular formula is C18H16N6S2. The van der Waals surface area contributed by atoms with Crippen molar-refractivity contribution < 1.29 is 0 Å². The Balaban J connectivity index is 1.76. The molecule has 0 saturated carbocycles. The number of anilines is 1. The maximum absolute atomic E-state index is 5.99. The molecule has 130 valence electrons. The quantitative estimate of drug-likeness (QED) is 0.418. The zero-order chi connectivity index (χ0) is 18.1. The van der Waals surface area contributed by atoms with Crippen molar-refractivity contribution in [2.45, 2.75) is 35.8 Å². The van der Waals surface area contributed by atoms with Crippen LogP contribution in [0.25, 0.3) is 21.4 Å². The van der Waals surface area contributed by atoms with Crippen molar-refractivity contribution in [2.75, 3.05) is 5.73 Å². The van der Waals surface area contributed by atoms with Gasteiger partial charge in [-0.25, -0.2) is 19.9 Å². The lowest BCUT2D eigenvalue weighted by atomic mass is 10.2. The van der Waals surface area contributed by atoms with Gasteiger partial charge in [-0.1, -0.05) is 12.1 Å². The van der Waals surface area contributed by atoms with E-state index in [1.807, 2.05) is 16.7 Å². The molecule has 4 aromatic rings. The molecule has 0 aliphatic rings. The molecule has 0 aliphatic carbocycles. The van der Waals surface area contributed by atoms with Gasteiger partial charge in [-0.05, 0) is 36.7 Å². The lowest BCUT2D eigenvalue weighted by molar-refractivity contribution is 0.615. The number of thiazole rings is 1. The van der Waals surface area contributed by atoms with Crippen LogP contribution in [0.15, 0.2) is 34.0 Å². The Morgan fingerprint density at radius 2 is 2.19 bits per heavy atom. The molecule has 4 rings (SSSR count). The SMILES string of the molecule is C#CCCCn1c(Sc2nc3cccc(C)c3s2)nc2c(N)ncnc21. The van der Waals surface area contributed by atoms with E-state index in [0.717, 1.165) is 33.6 Å². The number of hydrogen-bond acceptors (Lipinski definition) is 7. The highest BCUT2D eigenvalue weighted by Crippen LogP contribution is 2.36. The lowest BCUT2D eigenvalue weighted by Crippen LogP contribution is -2.01. The molecule has 0 bridgehead atoms. The predicted octanol–water partition coefficient (Wildman–Crippen LogP) is 3.89. The maximum Gasteiger partial charge on any atom is 0.177 e. The van der Waals surface area contributed by atoms with Crippen molar-refractivity contribution in [1.29, 1.82) is 0 Å². The number of aromatic nitrogens is 5. The number of fused-ring (bicyclic) bond motifs is 2. The van der Waals surface area contributed by atoms with Crippen molar-refractivity contribution in [3.63, 3.8) is 0 Å². The summed E-state index contributed by atoms with van der Waals surface area (Å²) in [7, 11) is 0. The number of aryl methyl sites for hydroxylation is 2. The second-order valence-corrected chi connectivity index (χ2v) is 8.00. The number of imidazole rings is 1. The number of nitrogens with zero attached hydrogens (tertiary/aromatic N) is 5. The highest BCUT2D eigenvalue weighted by Gasteiger charge is 2.17. The first-order valence-corrected chi connectivity index (χ1v) is 9.75. The van der Waals surface area contributed by atoms with E-state index < -0.39 is 0 Å². The Kier molecular flexibility index (Phi) is 4.49. The minimum atomic E-state index is 0.382. The third kappa shape index (κ3) is 3.00. The topological polar surface area (TPSA) is 82.5 Å². The number of hydrogen-bond donors (Lipinski definition) is 1. The lowest BCUT2D eigenvalue weighted by Gasteiger charge is -2.05. The summed E-state index contributed by atoms with van der Waals surface area (Å²) in [5.74, 6) is 3.06. The minimum Gasteiger partial charge on any atom is -0.382 e. The fourth-order valence-corrected chi connectivity index (χ4v) is 4.87. The first kappa shape index (κ1) is 16.8. The van der Waals surface area contributed by atoms with E-state index in [1.54, 1.807) is 11.3 Å². The molecule has 6 nitrogen and oxygen atoms in total. The largest absolute Gasteiger partial charge is 0.382 e. The van der Waals surface area contributed by atoms with E-state index in [1.165, 1.54) is 28.4 Å². The van der Waals surface area contributed by atoms with Crippen LogP contribution in [0.4, 0.5) is 5.82 Å². The van der Waals surface area contributed by atoms with Crippen LogP contribution in [0, 0.1) is 19.3 Å². The Hall–Kier alpha value is -2.63.